The number of carbonyl (C=O) groups excluding carboxylic acids is 2. The molecule has 0 atom stereocenters. The summed E-state index contributed by atoms with van der Waals surface area (Å²) < 4.78 is 6.95. The lowest BCUT2D eigenvalue weighted by atomic mass is 10.2. The van der Waals surface area contributed by atoms with Gasteiger partial charge in [0.05, 0.1) is 29.8 Å². The number of thiophene rings is 1. The smallest absolute Gasteiger partial charge is 0.283 e. The minimum Gasteiger partial charge on any atom is -0.495 e. The number of hydrogen-bond acceptors (Lipinski definition) is 7. The van der Waals surface area contributed by atoms with E-state index in [1.807, 2.05) is 31.4 Å². The summed E-state index contributed by atoms with van der Waals surface area (Å²) in [5, 5.41) is 9.78. The second-order valence-electron chi connectivity index (χ2n) is 7.49. The van der Waals surface area contributed by atoms with Gasteiger partial charge in [0.1, 0.15) is 17.3 Å². The van der Waals surface area contributed by atoms with Crippen molar-refractivity contribution < 1.29 is 14.3 Å². The first-order valence-corrected chi connectivity index (χ1v) is 12.6. The summed E-state index contributed by atoms with van der Waals surface area (Å²) in [4.78, 5) is 32.8. The maximum absolute atomic E-state index is 13.3. The van der Waals surface area contributed by atoms with Crippen LogP contribution in [0, 0.1) is 0 Å². The van der Waals surface area contributed by atoms with E-state index in [9.17, 15) is 9.59 Å². The number of aliphatic imine (C=N–C) groups is 1. The molecule has 1 aliphatic rings. The van der Waals surface area contributed by atoms with Gasteiger partial charge in [-0.05, 0) is 49.6 Å². The predicted molar refractivity (Wildman–Crippen MR) is 139 cm³/mol. The number of amides is 2. The maximum atomic E-state index is 13.3. The second kappa shape index (κ2) is 10.5. The molecule has 3 heterocycles. The number of amidine groups is 1. The Morgan fingerprint density at radius 3 is 2.82 bits per heavy atom. The fraction of sp³-hybridized carbons (Fsp3) is 0.217. The number of rotatable bonds is 7. The Bertz CT molecular complexity index is 1270. The van der Waals surface area contributed by atoms with Gasteiger partial charge >= 0.3 is 0 Å². The molecule has 2 amide bonds. The largest absolute Gasteiger partial charge is 0.495 e. The third-order valence-corrected chi connectivity index (χ3v) is 6.86. The topological polar surface area (TPSA) is 88.8 Å². The van der Waals surface area contributed by atoms with E-state index in [-0.39, 0.29) is 29.3 Å². The number of halogens is 1. The summed E-state index contributed by atoms with van der Waals surface area (Å²) >= 11 is 8.98. The van der Waals surface area contributed by atoms with Crippen LogP contribution < -0.4 is 15.0 Å². The van der Waals surface area contributed by atoms with Gasteiger partial charge in [-0.3, -0.25) is 14.5 Å². The van der Waals surface area contributed by atoms with Crippen LogP contribution in [0.3, 0.4) is 0 Å². The number of thioether (sulfide) groups is 1. The van der Waals surface area contributed by atoms with Gasteiger partial charge in [-0.15, -0.1) is 11.3 Å². The molecular weight excluding hydrogens is 494 g/mol. The van der Waals surface area contributed by atoms with E-state index in [1.54, 1.807) is 41.2 Å². The van der Waals surface area contributed by atoms with Crippen LogP contribution in [0.1, 0.15) is 24.8 Å². The van der Waals surface area contributed by atoms with Gasteiger partial charge < -0.3 is 10.1 Å². The molecule has 2 aromatic heterocycles. The summed E-state index contributed by atoms with van der Waals surface area (Å²) in [5.74, 6) is 0.643. The predicted octanol–water partition coefficient (Wildman–Crippen LogP) is 5.30. The summed E-state index contributed by atoms with van der Waals surface area (Å²) in [6, 6.07) is 10.7. The average molecular weight is 516 g/mol. The highest BCUT2D eigenvalue weighted by atomic mass is 35.5. The van der Waals surface area contributed by atoms with E-state index in [0.29, 0.717) is 27.4 Å². The number of hydrogen-bond donors (Lipinski definition) is 1. The first kappa shape index (κ1) is 24.1. The van der Waals surface area contributed by atoms with Crippen molar-refractivity contribution >= 4 is 69.3 Å². The van der Waals surface area contributed by atoms with Gasteiger partial charge in [0.15, 0.2) is 5.17 Å². The Morgan fingerprint density at radius 2 is 2.15 bits per heavy atom. The van der Waals surface area contributed by atoms with Gasteiger partial charge in [0.2, 0.25) is 5.91 Å². The van der Waals surface area contributed by atoms with Gasteiger partial charge in [-0.1, -0.05) is 29.4 Å². The lowest BCUT2D eigenvalue weighted by Gasteiger charge is -2.19. The van der Waals surface area contributed by atoms with E-state index < -0.39 is 0 Å². The zero-order valence-corrected chi connectivity index (χ0v) is 21.1. The summed E-state index contributed by atoms with van der Waals surface area (Å²) in [6.07, 6.45) is 3.37. The van der Waals surface area contributed by atoms with Crippen molar-refractivity contribution in [1.82, 2.24) is 9.78 Å². The molecule has 0 fully saturated rings. The SMILES string of the molecule is COc1ccc(N2C(=O)/C(=C\c3cccs3)N=C2SCC(=O)Nc2ccnn2C(C)C)cc1Cl. The lowest BCUT2D eigenvalue weighted by molar-refractivity contribution is -0.114. The van der Waals surface area contributed by atoms with E-state index in [0.717, 1.165) is 4.88 Å². The minimum absolute atomic E-state index is 0.0576. The van der Waals surface area contributed by atoms with Crippen LogP contribution in [-0.4, -0.2) is 39.6 Å². The number of nitrogens with zero attached hydrogens (tertiary/aromatic N) is 4. The first-order valence-electron chi connectivity index (χ1n) is 10.4. The van der Waals surface area contributed by atoms with Crippen LogP contribution in [0.25, 0.3) is 6.08 Å². The highest BCUT2D eigenvalue weighted by Crippen LogP contribution is 2.34. The Labute approximate surface area is 210 Å². The Kier molecular flexibility index (Phi) is 7.40. The molecule has 8 nitrogen and oxygen atoms in total. The summed E-state index contributed by atoms with van der Waals surface area (Å²) in [5.41, 5.74) is 0.824. The fourth-order valence-corrected chi connectivity index (χ4v) is 4.97. The average Bonchev–Trinajstić information content (AvgIpc) is 3.54. The monoisotopic (exact) mass is 515 g/mol. The van der Waals surface area contributed by atoms with E-state index in [1.165, 1.54) is 35.1 Å². The highest BCUT2D eigenvalue weighted by Gasteiger charge is 2.33. The molecule has 1 aliphatic heterocycles. The molecule has 34 heavy (non-hydrogen) atoms. The third-order valence-electron chi connectivity index (χ3n) is 4.80. The maximum Gasteiger partial charge on any atom is 0.283 e. The van der Waals surface area contributed by atoms with Crippen LogP contribution in [-0.2, 0) is 9.59 Å². The standard InChI is InChI=1S/C23H22ClN5O3S2/c1-14(2)29-20(8-9-25-29)27-21(30)13-34-23-26-18(12-16-5-4-10-33-16)22(31)28(23)15-6-7-19(32-3)17(24)11-15/h4-12,14H,13H2,1-3H3,(H,27,30)/b18-12+. The molecule has 0 radical (unpaired) electrons. The van der Waals surface area contributed by atoms with Gasteiger partial charge in [0.25, 0.3) is 5.91 Å². The number of ether oxygens (including phenoxy) is 1. The van der Waals surface area contributed by atoms with Crippen LogP contribution in [0.4, 0.5) is 11.5 Å². The molecule has 1 N–H and O–H groups in total. The van der Waals surface area contributed by atoms with Crippen molar-refractivity contribution in [2.75, 3.05) is 23.1 Å². The van der Waals surface area contributed by atoms with Crippen molar-refractivity contribution in [2.24, 2.45) is 4.99 Å². The van der Waals surface area contributed by atoms with Crippen molar-refractivity contribution in [3.63, 3.8) is 0 Å². The number of aromatic nitrogens is 2. The van der Waals surface area contributed by atoms with E-state index >= 15 is 0 Å². The zero-order chi connectivity index (χ0) is 24.2. The number of methoxy groups -OCH3 is 1. The molecule has 3 aromatic rings. The van der Waals surface area contributed by atoms with E-state index in [2.05, 4.69) is 15.4 Å². The molecule has 4 rings (SSSR count). The van der Waals surface area contributed by atoms with Crippen molar-refractivity contribution in [2.45, 2.75) is 19.9 Å². The molecule has 0 saturated carbocycles. The Morgan fingerprint density at radius 1 is 1.32 bits per heavy atom. The van der Waals surface area contributed by atoms with Gasteiger partial charge in [0, 0.05) is 17.0 Å². The quantitative estimate of drug-likeness (QED) is 0.431. The fourth-order valence-electron chi connectivity index (χ4n) is 3.26. The van der Waals surface area contributed by atoms with E-state index in [4.69, 9.17) is 16.3 Å². The number of carbonyl (C=O) groups is 2. The molecule has 0 saturated heterocycles. The Balaban J connectivity index is 1.57. The van der Waals surface area contributed by atoms with Crippen LogP contribution in [0.2, 0.25) is 5.02 Å². The van der Waals surface area contributed by atoms with Crippen LogP contribution in [0.5, 0.6) is 5.75 Å². The molecule has 0 spiro atoms. The normalized spacial score (nSPS) is 14.7. The van der Waals surface area contributed by atoms with Crippen molar-refractivity contribution in [3.05, 3.63) is 63.6 Å². The third kappa shape index (κ3) is 5.19. The lowest BCUT2D eigenvalue weighted by Crippen LogP contribution is -2.31. The van der Waals surface area contributed by atoms with Crippen molar-refractivity contribution in [3.8, 4) is 5.75 Å². The van der Waals surface area contributed by atoms with Crippen LogP contribution >= 0.6 is 34.7 Å². The summed E-state index contributed by atoms with van der Waals surface area (Å²) in [6.45, 7) is 3.96. The molecule has 0 unspecified atom stereocenters. The van der Waals surface area contributed by atoms with Gasteiger partial charge in [-0.2, -0.15) is 5.10 Å². The molecule has 176 valence electrons. The highest BCUT2D eigenvalue weighted by molar-refractivity contribution is 8.14. The molecule has 11 heteroatoms. The minimum atomic E-state index is -0.296. The molecule has 0 bridgehead atoms. The first-order chi connectivity index (χ1) is 16.4. The number of nitrogens with one attached hydrogen (secondary N) is 1. The molecule has 1 aromatic carbocycles. The summed E-state index contributed by atoms with van der Waals surface area (Å²) in [7, 11) is 1.52. The van der Waals surface area contributed by atoms with Gasteiger partial charge in [-0.25, -0.2) is 9.67 Å². The Hall–Kier alpha value is -3.08. The zero-order valence-electron chi connectivity index (χ0n) is 18.7. The number of anilines is 2. The second-order valence-corrected chi connectivity index (χ2v) is 9.82. The van der Waals surface area contributed by atoms with Crippen LogP contribution in [0.15, 0.2) is 58.7 Å². The molecular formula is C23H22ClN5O3S2. The number of benzene rings is 1. The molecule has 0 aliphatic carbocycles. The van der Waals surface area contributed by atoms with Crippen molar-refractivity contribution in [1.29, 1.82) is 0 Å².